The Morgan fingerprint density at radius 2 is 2.05 bits per heavy atom. The molecule has 2 aromatic carbocycles. The van der Waals surface area contributed by atoms with Crippen LogP contribution in [0, 0.1) is 12.7 Å². The van der Waals surface area contributed by atoms with Crippen molar-refractivity contribution in [3.8, 4) is 5.75 Å². The lowest BCUT2D eigenvalue weighted by Crippen LogP contribution is -2.24. The van der Waals surface area contributed by atoms with E-state index in [0.717, 1.165) is 16.9 Å². The third kappa shape index (κ3) is 4.03. The number of nitrogens with one attached hydrogen (secondary N) is 1. The summed E-state index contributed by atoms with van der Waals surface area (Å²) in [6, 6.07) is 12.4. The van der Waals surface area contributed by atoms with Crippen molar-refractivity contribution in [2.45, 2.75) is 19.5 Å². The predicted octanol–water partition coefficient (Wildman–Crippen LogP) is 2.97. The van der Waals surface area contributed by atoms with Gasteiger partial charge in [0.15, 0.2) is 0 Å². The molecule has 0 saturated heterocycles. The average molecular weight is 289 g/mol. The fourth-order valence-electron chi connectivity index (χ4n) is 2.20. The number of hydrogen-bond acceptors (Lipinski definition) is 3. The van der Waals surface area contributed by atoms with Gasteiger partial charge in [0.25, 0.3) is 0 Å². The van der Waals surface area contributed by atoms with Crippen LogP contribution in [0.1, 0.15) is 22.7 Å². The van der Waals surface area contributed by atoms with E-state index in [4.69, 9.17) is 4.74 Å². The van der Waals surface area contributed by atoms with Gasteiger partial charge >= 0.3 is 0 Å². The molecule has 2 aromatic rings. The molecule has 0 aliphatic rings. The summed E-state index contributed by atoms with van der Waals surface area (Å²) >= 11 is 0. The molecule has 112 valence electrons. The summed E-state index contributed by atoms with van der Waals surface area (Å²) in [5.74, 6) is 0.552. The van der Waals surface area contributed by atoms with Gasteiger partial charge in [-0.2, -0.15) is 0 Å². The van der Waals surface area contributed by atoms with E-state index in [-0.39, 0.29) is 18.5 Å². The Hall–Kier alpha value is -1.91. The summed E-state index contributed by atoms with van der Waals surface area (Å²) in [6.07, 6.45) is 0. The molecule has 0 heterocycles. The number of aliphatic hydroxyl groups is 1. The highest BCUT2D eigenvalue weighted by Gasteiger charge is 2.11. The van der Waals surface area contributed by atoms with Gasteiger partial charge in [0.2, 0.25) is 0 Å². The molecule has 1 atom stereocenters. The number of rotatable bonds is 6. The number of hydrogen-bond donors (Lipinski definition) is 2. The Balaban J connectivity index is 2.06. The van der Waals surface area contributed by atoms with E-state index in [1.807, 2.05) is 30.3 Å². The summed E-state index contributed by atoms with van der Waals surface area (Å²) in [5, 5.41) is 12.8. The first-order valence-electron chi connectivity index (χ1n) is 6.87. The van der Waals surface area contributed by atoms with Crippen LogP contribution < -0.4 is 10.1 Å². The summed E-state index contributed by atoms with van der Waals surface area (Å²) < 4.78 is 18.4. The highest BCUT2D eigenvalue weighted by atomic mass is 19.1. The van der Waals surface area contributed by atoms with Gasteiger partial charge < -0.3 is 15.2 Å². The first-order chi connectivity index (χ1) is 10.1. The van der Waals surface area contributed by atoms with Gasteiger partial charge in [-0.1, -0.05) is 24.3 Å². The maximum absolute atomic E-state index is 13.2. The van der Waals surface area contributed by atoms with Crippen LogP contribution in [-0.2, 0) is 6.54 Å². The zero-order valence-corrected chi connectivity index (χ0v) is 12.3. The molecule has 0 aromatic heterocycles. The first kappa shape index (κ1) is 15.5. The molecule has 2 N–H and O–H groups in total. The van der Waals surface area contributed by atoms with Crippen LogP contribution in [0.25, 0.3) is 0 Å². The molecular formula is C17H20FNO2. The molecule has 0 radical (unpaired) electrons. The van der Waals surface area contributed by atoms with E-state index in [1.165, 1.54) is 6.07 Å². The van der Waals surface area contributed by atoms with Crippen LogP contribution in [0.15, 0.2) is 42.5 Å². The van der Waals surface area contributed by atoms with Crippen molar-refractivity contribution in [1.29, 1.82) is 0 Å². The molecule has 0 aliphatic carbocycles. The van der Waals surface area contributed by atoms with Crippen LogP contribution in [0.3, 0.4) is 0 Å². The van der Waals surface area contributed by atoms with Gasteiger partial charge in [0.1, 0.15) is 11.6 Å². The minimum absolute atomic E-state index is 0.0205. The highest BCUT2D eigenvalue weighted by Crippen LogP contribution is 2.19. The Morgan fingerprint density at radius 3 is 2.71 bits per heavy atom. The molecule has 0 spiro atoms. The number of aliphatic hydroxyl groups excluding tert-OH is 1. The second kappa shape index (κ2) is 7.20. The Labute approximate surface area is 124 Å². The predicted molar refractivity (Wildman–Crippen MR) is 80.8 cm³/mol. The van der Waals surface area contributed by atoms with Crippen LogP contribution in [0.2, 0.25) is 0 Å². The molecule has 0 bridgehead atoms. The highest BCUT2D eigenvalue weighted by molar-refractivity contribution is 5.31. The lowest BCUT2D eigenvalue weighted by Gasteiger charge is -2.17. The average Bonchev–Trinajstić information content (AvgIpc) is 2.51. The Kier molecular flexibility index (Phi) is 5.31. The van der Waals surface area contributed by atoms with E-state index < -0.39 is 0 Å². The van der Waals surface area contributed by atoms with E-state index in [0.29, 0.717) is 12.1 Å². The molecule has 3 nitrogen and oxygen atoms in total. The molecule has 21 heavy (non-hydrogen) atoms. The van der Waals surface area contributed by atoms with E-state index >= 15 is 0 Å². The monoisotopic (exact) mass is 289 g/mol. The quantitative estimate of drug-likeness (QED) is 0.859. The van der Waals surface area contributed by atoms with Gasteiger partial charge in [-0.25, -0.2) is 4.39 Å². The molecule has 2 rings (SSSR count). The van der Waals surface area contributed by atoms with Crippen LogP contribution in [-0.4, -0.2) is 18.8 Å². The lowest BCUT2D eigenvalue weighted by molar-refractivity contribution is 0.243. The Morgan fingerprint density at radius 1 is 1.24 bits per heavy atom. The molecule has 4 heteroatoms. The van der Waals surface area contributed by atoms with E-state index in [1.54, 1.807) is 20.1 Å². The number of aryl methyl sites for hydroxylation is 1. The maximum Gasteiger partial charge on any atom is 0.126 e. The van der Waals surface area contributed by atoms with E-state index in [2.05, 4.69) is 5.32 Å². The van der Waals surface area contributed by atoms with Crippen molar-refractivity contribution < 1.29 is 14.2 Å². The topological polar surface area (TPSA) is 41.5 Å². The molecule has 0 fully saturated rings. The third-order valence-corrected chi connectivity index (χ3v) is 3.45. The zero-order valence-electron chi connectivity index (χ0n) is 12.3. The first-order valence-corrected chi connectivity index (χ1v) is 6.87. The molecule has 0 saturated carbocycles. The van der Waals surface area contributed by atoms with Gasteiger partial charge in [-0.15, -0.1) is 0 Å². The second-order valence-electron chi connectivity index (χ2n) is 4.98. The minimum atomic E-state index is -0.203. The van der Waals surface area contributed by atoms with Crippen LogP contribution in [0.5, 0.6) is 5.75 Å². The fourth-order valence-corrected chi connectivity index (χ4v) is 2.20. The van der Waals surface area contributed by atoms with Crippen molar-refractivity contribution in [2.24, 2.45) is 0 Å². The largest absolute Gasteiger partial charge is 0.497 e. The molecule has 1 unspecified atom stereocenters. The zero-order chi connectivity index (χ0) is 15.2. The maximum atomic E-state index is 13.2. The number of methoxy groups -OCH3 is 1. The summed E-state index contributed by atoms with van der Waals surface area (Å²) in [5.41, 5.74) is 2.56. The normalized spacial score (nSPS) is 12.2. The minimum Gasteiger partial charge on any atom is -0.497 e. The number of halogens is 1. The van der Waals surface area contributed by atoms with Gasteiger partial charge in [-0.05, 0) is 41.8 Å². The van der Waals surface area contributed by atoms with Gasteiger partial charge in [0.05, 0.1) is 19.8 Å². The number of ether oxygens (including phenoxy) is 1. The standard InChI is InChI=1S/C17H20FNO2/c1-12-8-13(6-7-16(12)18)10-19-17(11-20)14-4-3-5-15(9-14)21-2/h3-9,17,19-20H,10-11H2,1-2H3. The van der Waals surface area contributed by atoms with Gasteiger partial charge in [-0.3, -0.25) is 0 Å². The molecular weight excluding hydrogens is 269 g/mol. The van der Waals surface area contributed by atoms with Crippen LogP contribution >= 0.6 is 0 Å². The lowest BCUT2D eigenvalue weighted by atomic mass is 10.1. The van der Waals surface area contributed by atoms with Crippen molar-refractivity contribution >= 4 is 0 Å². The molecule has 0 aliphatic heterocycles. The molecule has 0 amide bonds. The number of benzene rings is 2. The summed E-state index contributed by atoms with van der Waals surface area (Å²) in [6.45, 7) is 2.28. The smallest absolute Gasteiger partial charge is 0.126 e. The third-order valence-electron chi connectivity index (χ3n) is 3.45. The van der Waals surface area contributed by atoms with Crippen molar-refractivity contribution in [3.63, 3.8) is 0 Å². The van der Waals surface area contributed by atoms with Crippen molar-refractivity contribution in [3.05, 3.63) is 65.0 Å². The van der Waals surface area contributed by atoms with Gasteiger partial charge in [0, 0.05) is 6.54 Å². The summed E-state index contributed by atoms with van der Waals surface area (Å²) in [7, 11) is 1.61. The fraction of sp³-hybridized carbons (Fsp3) is 0.294. The van der Waals surface area contributed by atoms with Crippen molar-refractivity contribution in [1.82, 2.24) is 5.32 Å². The van der Waals surface area contributed by atoms with Crippen molar-refractivity contribution in [2.75, 3.05) is 13.7 Å². The second-order valence-corrected chi connectivity index (χ2v) is 4.98. The van der Waals surface area contributed by atoms with E-state index in [9.17, 15) is 9.50 Å². The van der Waals surface area contributed by atoms with Crippen LogP contribution in [0.4, 0.5) is 4.39 Å². The SMILES string of the molecule is COc1cccc(C(CO)NCc2ccc(F)c(C)c2)c1. The summed E-state index contributed by atoms with van der Waals surface area (Å²) in [4.78, 5) is 0. The Bertz CT molecular complexity index is 601.